The Balaban J connectivity index is 2.33. The fraction of sp³-hybridized carbons (Fsp3) is 0.889. The van der Waals surface area contributed by atoms with E-state index in [0.29, 0.717) is 23.8 Å². The van der Waals surface area contributed by atoms with E-state index in [1.165, 1.54) is 0 Å². The molecule has 2 atom stereocenters. The van der Waals surface area contributed by atoms with Crippen LogP contribution in [0.4, 0.5) is 0 Å². The maximum atomic E-state index is 4.51. The van der Waals surface area contributed by atoms with Gasteiger partial charge in [-0.15, -0.1) is 5.11 Å². The van der Waals surface area contributed by atoms with Gasteiger partial charge in [-0.25, -0.2) is 4.99 Å². The van der Waals surface area contributed by atoms with Crippen LogP contribution in [0.5, 0.6) is 0 Å². The highest BCUT2D eigenvalue weighted by Gasteiger charge is 2.51. The lowest BCUT2D eigenvalue weighted by Gasteiger charge is -2.34. The average Bonchev–Trinajstić information content (AvgIpc) is 2.60. The van der Waals surface area contributed by atoms with Crippen LogP contribution in [-0.4, -0.2) is 17.7 Å². The number of hydrogen-bond donors (Lipinski definition) is 1. The molecule has 2 aliphatic rings. The molecule has 0 spiro atoms. The summed E-state index contributed by atoms with van der Waals surface area (Å²) < 4.78 is 0. The van der Waals surface area contributed by atoms with Crippen LogP contribution in [0.3, 0.4) is 0 Å². The summed E-state index contributed by atoms with van der Waals surface area (Å²) in [6, 6.07) is 0.319. The van der Waals surface area contributed by atoms with E-state index in [-0.39, 0.29) is 5.66 Å². The predicted octanol–water partition coefficient (Wildman–Crippen LogP) is 1.79. The molecule has 0 radical (unpaired) electrons. The molecule has 0 aromatic heterocycles. The molecule has 4 heteroatoms. The van der Waals surface area contributed by atoms with Gasteiger partial charge in [0.2, 0.25) is 5.96 Å². The van der Waals surface area contributed by atoms with Gasteiger partial charge in [0.25, 0.3) is 0 Å². The molecule has 2 rings (SSSR count). The lowest BCUT2D eigenvalue weighted by Crippen LogP contribution is -2.51. The molecule has 72 valence electrons. The van der Waals surface area contributed by atoms with Crippen LogP contribution >= 0.6 is 0 Å². The maximum absolute atomic E-state index is 4.51. The molecule has 0 aromatic rings. The summed E-state index contributed by atoms with van der Waals surface area (Å²) in [4.78, 5) is 4.51. The first-order valence-corrected chi connectivity index (χ1v) is 4.85. The summed E-state index contributed by atoms with van der Waals surface area (Å²) in [6.07, 6.45) is 0. The highest BCUT2D eigenvalue weighted by Crippen LogP contribution is 2.38. The number of aliphatic imine (C=N–C) groups is 1. The quantitative estimate of drug-likeness (QED) is 0.692. The molecule has 13 heavy (non-hydrogen) atoms. The van der Waals surface area contributed by atoms with E-state index in [1.807, 2.05) is 0 Å². The zero-order valence-electron chi connectivity index (χ0n) is 8.57. The minimum absolute atomic E-state index is 0.316. The number of azo groups is 1. The molecule has 2 aliphatic heterocycles. The first-order chi connectivity index (χ1) is 6.06. The summed E-state index contributed by atoms with van der Waals surface area (Å²) in [6.45, 7) is 8.67. The van der Waals surface area contributed by atoms with Gasteiger partial charge in [-0.05, 0) is 5.92 Å². The summed E-state index contributed by atoms with van der Waals surface area (Å²) in [7, 11) is 0. The second-order valence-electron chi connectivity index (χ2n) is 4.44. The van der Waals surface area contributed by atoms with Crippen LogP contribution in [0.1, 0.15) is 27.7 Å². The molecule has 1 N–H and O–H groups in total. The summed E-state index contributed by atoms with van der Waals surface area (Å²) in [5, 5.41) is 11.6. The zero-order chi connectivity index (χ0) is 9.64. The highest BCUT2D eigenvalue weighted by atomic mass is 15.5. The van der Waals surface area contributed by atoms with E-state index in [1.54, 1.807) is 0 Å². The maximum Gasteiger partial charge on any atom is 0.240 e. The average molecular weight is 180 g/mol. The van der Waals surface area contributed by atoms with Crippen molar-refractivity contribution in [2.75, 3.05) is 0 Å². The topological polar surface area (TPSA) is 49.1 Å². The van der Waals surface area contributed by atoms with Gasteiger partial charge in [-0.2, -0.15) is 5.11 Å². The molecule has 2 unspecified atom stereocenters. The van der Waals surface area contributed by atoms with E-state index in [4.69, 9.17) is 0 Å². The Morgan fingerprint density at radius 2 is 2.00 bits per heavy atom. The van der Waals surface area contributed by atoms with Gasteiger partial charge in [0.1, 0.15) is 0 Å². The van der Waals surface area contributed by atoms with Crippen LogP contribution in [0.15, 0.2) is 15.2 Å². The van der Waals surface area contributed by atoms with Crippen molar-refractivity contribution >= 4 is 5.96 Å². The van der Waals surface area contributed by atoms with E-state index in [9.17, 15) is 0 Å². The van der Waals surface area contributed by atoms with E-state index >= 15 is 0 Å². The lowest BCUT2D eigenvalue weighted by molar-refractivity contribution is 0.218. The molecule has 2 bridgehead atoms. The Morgan fingerprint density at radius 1 is 1.31 bits per heavy atom. The molecule has 0 saturated carbocycles. The normalized spacial score (nSPS) is 35.8. The third-order valence-corrected chi connectivity index (χ3v) is 2.85. The number of nitrogens with one attached hydrogen (secondary N) is 1. The van der Waals surface area contributed by atoms with Gasteiger partial charge >= 0.3 is 0 Å². The minimum Gasteiger partial charge on any atom is -0.346 e. The SMILES string of the molecule is CC(C)C1NC2=NC1(C(C)C)N=N2. The molecular weight excluding hydrogens is 164 g/mol. The first-order valence-electron chi connectivity index (χ1n) is 4.85. The Hall–Kier alpha value is -0.930. The summed E-state index contributed by atoms with van der Waals surface area (Å²) in [5.74, 6) is 1.64. The van der Waals surface area contributed by atoms with Gasteiger partial charge in [-0.1, -0.05) is 27.7 Å². The van der Waals surface area contributed by atoms with Crippen LogP contribution < -0.4 is 5.32 Å². The van der Waals surface area contributed by atoms with Crippen molar-refractivity contribution in [1.82, 2.24) is 5.32 Å². The number of rotatable bonds is 2. The number of guanidine groups is 1. The number of hydrogen-bond acceptors (Lipinski definition) is 4. The van der Waals surface area contributed by atoms with Crippen LogP contribution in [-0.2, 0) is 0 Å². The van der Waals surface area contributed by atoms with Crippen molar-refractivity contribution in [3.8, 4) is 0 Å². The number of nitrogens with zero attached hydrogens (tertiary/aromatic N) is 3. The predicted molar refractivity (Wildman–Crippen MR) is 51.6 cm³/mol. The van der Waals surface area contributed by atoms with Crippen LogP contribution in [0, 0.1) is 11.8 Å². The lowest BCUT2D eigenvalue weighted by atomic mass is 9.84. The van der Waals surface area contributed by atoms with Crippen molar-refractivity contribution in [3.05, 3.63) is 0 Å². The van der Waals surface area contributed by atoms with E-state index in [2.05, 4.69) is 48.2 Å². The van der Waals surface area contributed by atoms with Crippen molar-refractivity contribution < 1.29 is 0 Å². The molecule has 0 fully saturated rings. The van der Waals surface area contributed by atoms with Gasteiger partial charge in [-0.3, -0.25) is 0 Å². The first kappa shape index (κ1) is 8.66. The van der Waals surface area contributed by atoms with E-state index < -0.39 is 0 Å². The minimum atomic E-state index is -0.316. The van der Waals surface area contributed by atoms with Gasteiger partial charge in [0.15, 0.2) is 5.66 Å². The standard InChI is InChI=1S/C9H16N4/c1-5(2)7-9(6(3)4)11-8(10-7)12-13-9/h5-7H,1-4H3,(H,10,11). The largest absolute Gasteiger partial charge is 0.346 e. The highest BCUT2D eigenvalue weighted by molar-refractivity contribution is 5.85. The third-order valence-electron chi connectivity index (χ3n) is 2.85. The zero-order valence-corrected chi connectivity index (χ0v) is 8.57. The van der Waals surface area contributed by atoms with Crippen LogP contribution in [0.25, 0.3) is 0 Å². The van der Waals surface area contributed by atoms with Gasteiger partial charge < -0.3 is 5.32 Å². The fourth-order valence-electron chi connectivity index (χ4n) is 2.04. The Bertz CT molecular complexity index is 279. The molecular formula is C9H16N4. The second kappa shape index (κ2) is 2.53. The van der Waals surface area contributed by atoms with Crippen molar-refractivity contribution in [2.45, 2.75) is 39.4 Å². The molecule has 0 aromatic carbocycles. The third kappa shape index (κ3) is 1.01. The molecule has 2 heterocycles. The van der Waals surface area contributed by atoms with Crippen molar-refractivity contribution in [3.63, 3.8) is 0 Å². The Kier molecular flexibility index (Phi) is 1.68. The smallest absolute Gasteiger partial charge is 0.240 e. The van der Waals surface area contributed by atoms with Crippen molar-refractivity contribution in [1.29, 1.82) is 0 Å². The van der Waals surface area contributed by atoms with Gasteiger partial charge in [0.05, 0.1) is 6.04 Å². The molecule has 4 nitrogen and oxygen atoms in total. The molecule has 0 saturated heterocycles. The fourth-order valence-corrected chi connectivity index (χ4v) is 2.04. The summed E-state index contributed by atoms with van der Waals surface area (Å²) in [5.41, 5.74) is -0.316. The second-order valence-corrected chi connectivity index (χ2v) is 4.44. The number of fused-ring (bicyclic) bond motifs is 1. The monoisotopic (exact) mass is 180 g/mol. The molecule has 0 amide bonds. The van der Waals surface area contributed by atoms with Gasteiger partial charge in [0, 0.05) is 5.92 Å². The Morgan fingerprint density at radius 3 is 2.38 bits per heavy atom. The molecule has 0 aliphatic carbocycles. The van der Waals surface area contributed by atoms with Crippen LogP contribution in [0.2, 0.25) is 0 Å². The van der Waals surface area contributed by atoms with Crippen molar-refractivity contribution in [2.24, 2.45) is 27.1 Å². The Labute approximate surface area is 78.5 Å². The van der Waals surface area contributed by atoms with E-state index in [0.717, 1.165) is 0 Å². The summed E-state index contributed by atoms with van der Waals surface area (Å²) >= 11 is 0.